The fraction of sp³-hybridized carbons (Fsp3) is 0.0909. The number of carbonyl (C=O) groups is 1. The van der Waals surface area contributed by atoms with Crippen molar-refractivity contribution in [3.8, 4) is 0 Å². The van der Waals surface area contributed by atoms with Gasteiger partial charge in [-0.3, -0.25) is 4.79 Å². The van der Waals surface area contributed by atoms with Crippen molar-refractivity contribution in [1.29, 1.82) is 0 Å². The Bertz CT molecular complexity index is 907. The lowest BCUT2D eigenvalue weighted by Gasteiger charge is -2.08. The maximum absolute atomic E-state index is 13.1. The van der Waals surface area contributed by atoms with Gasteiger partial charge in [-0.25, -0.2) is 9.82 Å². The third-order valence-corrected chi connectivity index (χ3v) is 4.02. The van der Waals surface area contributed by atoms with Crippen molar-refractivity contribution in [2.75, 3.05) is 0 Å². The van der Waals surface area contributed by atoms with Gasteiger partial charge < -0.3 is 0 Å². The minimum absolute atomic E-state index is 0.277. The highest BCUT2D eigenvalue weighted by atomic mass is 19.1. The first kappa shape index (κ1) is 17.5. The highest BCUT2D eigenvalue weighted by molar-refractivity contribution is 5.96. The van der Waals surface area contributed by atoms with Crippen molar-refractivity contribution >= 4 is 12.1 Å². The van der Waals surface area contributed by atoms with Crippen molar-refractivity contribution in [3.63, 3.8) is 0 Å². The molecule has 0 radical (unpaired) electrons. The average Bonchev–Trinajstić information content (AvgIpc) is 2.67. The molecule has 26 heavy (non-hydrogen) atoms. The zero-order valence-electron chi connectivity index (χ0n) is 14.2. The van der Waals surface area contributed by atoms with Crippen molar-refractivity contribution in [2.24, 2.45) is 5.10 Å². The van der Waals surface area contributed by atoms with Crippen LogP contribution in [0.3, 0.4) is 0 Å². The number of hydrogen-bond donors (Lipinski definition) is 1. The zero-order chi connectivity index (χ0) is 18.2. The predicted molar refractivity (Wildman–Crippen MR) is 102 cm³/mol. The van der Waals surface area contributed by atoms with Crippen molar-refractivity contribution < 1.29 is 9.18 Å². The van der Waals surface area contributed by atoms with E-state index < -0.39 is 0 Å². The summed E-state index contributed by atoms with van der Waals surface area (Å²) in [6.45, 7) is 0. The molecule has 3 rings (SSSR count). The Kier molecular flexibility index (Phi) is 5.88. The molecule has 0 saturated heterocycles. The molecule has 0 heterocycles. The van der Waals surface area contributed by atoms with Crippen LogP contribution in [0, 0.1) is 5.82 Å². The lowest BCUT2D eigenvalue weighted by atomic mass is 9.99. The van der Waals surface area contributed by atoms with Crippen LogP contribution in [0.4, 0.5) is 4.39 Å². The van der Waals surface area contributed by atoms with Gasteiger partial charge in [0.15, 0.2) is 0 Å². The molecule has 4 heteroatoms. The maximum Gasteiger partial charge on any atom is 0.271 e. The van der Waals surface area contributed by atoms with E-state index in [1.807, 2.05) is 36.4 Å². The number of nitrogens with zero attached hydrogens (tertiary/aromatic N) is 1. The Morgan fingerprint density at radius 1 is 0.923 bits per heavy atom. The Balaban J connectivity index is 1.65. The number of amides is 1. The summed E-state index contributed by atoms with van der Waals surface area (Å²) in [5, 5.41) is 3.93. The number of hydrazone groups is 1. The van der Waals surface area contributed by atoms with E-state index in [-0.39, 0.29) is 11.7 Å². The van der Waals surface area contributed by atoms with E-state index in [9.17, 15) is 9.18 Å². The van der Waals surface area contributed by atoms with Gasteiger partial charge in [0.25, 0.3) is 5.91 Å². The van der Waals surface area contributed by atoms with Gasteiger partial charge in [0, 0.05) is 5.56 Å². The van der Waals surface area contributed by atoms with Crippen LogP contribution in [0.25, 0.3) is 0 Å². The van der Waals surface area contributed by atoms with Crippen molar-refractivity contribution in [2.45, 2.75) is 12.8 Å². The SMILES string of the molecule is O=C(NN=Cc1cccc(F)c1)c1ccccc1CCc1ccccc1. The molecule has 0 aliphatic heterocycles. The minimum atomic E-state index is -0.341. The lowest BCUT2D eigenvalue weighted by Crippen LogP contribution is -2.19. The molecule has 3 nitrogen and oxygen atoms in total. The Morgan fingerprint density at radius 2 is 1.69 bits per heavy atom. The summed E-state index contributed by atoms with van der Waals surface area (Å²) in [5.74, 6) is -0.618. The fourth-order valence-electron chi connectivity index (χ4n) is 2.70. The monoisotopic (exact) mass is 346 g/mol. The molecule has 0 fully saturated rings. The normalized spacial score (nSPS) is 10.8. The number of benzene rings is 3. The fourth-order valence-corrected chi connectivity index (χ4v) is 2.70. The smallest absolute Gasteiger partial charge is 0.267 e. The number of rotatable bonds is 6. The minimum Gasteiger partial charge on any atom is -0.267 e. The van der Waals surface area contributed by atoms with Gasteiger partial charge in [-0.05, 0) is 47.7 Å². The second-order valence-electron chi connectivity index (χ2n) is 5.90. The predicted octanol–water partition coefficient (Wildman–Crippen LogP) is 4.37. The van der Waals surface area contributed by atoms with Crippen LogP contribution in [-0.2, 0) is 12.8 Å². The molecule has 0 aliphatic rings. The number of aryl methyl sites for hydroxylation is 2. The maximum atomic E-state index is 13.1. The second kappa shape index (κ2) is 8.72. The average molecular weight is 346 g/mol. The van der Waals surface area contributed by atoms with Gasteiger partial charge in [0.1, 0.15) is 5.82 Å². The molecule has 0 saturated carbocycles. The molecule has 1 amide bonds. The molecule has 3 aromatic rings. The van der Waals surface area contributed by atoms with Crippen LogP contribution in [0.2, 0.25) is 0 Å². The lowest BCUT2D eigenvalue weighted by molar-refractivity contribution is 0.0954. The summed E-state index contributed by atoms with van der Waals surface area (Å²) in [6, 6.07) is 23.7. The third kappa shape index (κ3) is 4.86. The molecule has 0 atom stereocenters. The van der Waals surface area contributed by atoms with E-state index >= 15 is 0 Å². The molecule has 0 aromatic heterocycles. The van der Waals surface area contributed by atoms with Crippen molar-refractivity contribution in [1.82, 2.24) is 5.43 Å². The first-order chi connectivity index (χ1) is 12.7. The topological polar surface area (TPSA) is 41.5 Å². The van der Waals surface area contributed by atoms with Crippen LogP contribution in [0.5, 0.6) is 0 Å². The number of carbonyl (C=O) groups excluding carboxylic acids is 1. The highest BCUT2D eigenvalue weighted by Crippen LogP contribution is 2.13. The standard InChI is InChI=1S/C22H19FN2O/c23-20-11-6-9-18(15-20)16-24-25-22(26)21-12-5-4-10-19(21)14-13-17-7-2-1-3-8-17/h1-12,15-16H,13-14H2,(H,25,26). The number of halogens is 1. The summed E-state index contributed by atoms with van der Waals surface area (Å²) in [5.41, 5.74) is 5.89. The number of hydrogen-bond acceptors (Lipinski definition) is 2. The summed E-state index contributed by atoms with van der Waals surface area (Å²) in [7, 11) is 0. The third-order valence-electron chi connectivity index (χ3n) is 4.02. The van der Waals surface area contributed by atoms with Crippen LogP contribution < -0.4 is 5.43 Å². The molecule has 3 aromatic carbocycles. The quantitative estimate of drug-likeness (QED) is 0.522. The van der Waals surface area contributed by atoms with Gasteiger partial charge >= 0.3 is 0 Å². The Hall–Kier alpha value is -3.27. The van der Waals surface area contributed by atoms with E-state index in [2.05, 4.69) is 22.7 Å². The molecule has 0 spiro atoms. The molecule has 0 aliphatic carbocycles. The summed E-state index contributed by atoms with van der Waals surface area (Å²) < 4.78 is 13.1. The first-order valence-corrected chi connectivity index (χ1v) is 8.43. The van der Waals surface area contributed by atoms with Crippen LogP contribution in [-0.4, -0.2) is 12.1 Å². The zero-order valence-corrected chi connectivity index (χ0v) is 14.2. The molecule has 130 valence electrons. The van der Waals surface area contributed by atoms with E-state index in [1.165, 1.54) is 23.9 Å². The Labute approximate surface area is 152 Å². The van der Waals surface area contributed by atoms with Crippen LogP contribution in [0.15, 0.2) is 84.0 Å². The van der Waals surface area contributed by atoms with Crippen molar-refractivity contribution in [3.05, 3.63) is 107 Å². The second-order valence-corrected chi connectivity index (χ2v) is 5.90. The van der Waals surface area contributed by atoms with Crippen LogP contribution in [0.1, 0.15) is 27.0 Å². The molecule has 0 unspecified atom stereocenters. The molecular weight excluding hydrogens is 327 g/mol. The van der Waals surface area contributed by atoms with Gasteiger partial charge in [0.05, 0.1) is 6.21 Å². The first-order valence-electron chi connectivity index (χ1n) is 8.43. The largest absolute Gasteiger partial charge is 0.271 e. The molecule has 0 bridgehead atoms. The number of nitrogens with one attached hydrogen (secondary N) is 1. The van der Waals surface area contributed by atoms with E-state index in [1.54, 1.807) is 18.2 Å². The van der Waals surface area contributed by atoms with E-state index in [0.717, 1.165) is 18.4 Å². The summed E-state index contributed by atoms with van der Waals surface area (Å²) in [4.78, 5) is 12.4. The van der Waals surface area contributed by atoms with E-state index in [0.29, 0.717) is 11.1 Å². The van der Waals surface area contributed by atoms with Crippen LogP contribution >= 0.6 is 0 Å². The van der Waals surface area contributed by atoms with Gasteiger partial charge in [0.2, 0.25) is 0 Å². The van der Waals surface area contributed by atoms with Gasteiger partial charge in [-0.15, -0.1) is 0 Å². The Morgan fingerprint density at radius 3 is 2.50 bits per heavy atom. The summed E-state index contributed by atoms with van der Waals surface area (Å²) >= 11 is 0. The molecular formula is C22H19FN2O. The van der Waals surface area contributed by atoms with Gasteiger partial charge in [-0.1, -0.05) is 60.7 Å². The molecule has 1 N–H and O–H groups in total. The highest BCUT2D eigenvalue weighted by Gasteiger charge is 2.10. The summed E-state index contributed by atoms with van der Waals surface area (Å²) in [6.07, 6.45) is 3.05. The van der Waals surface area contributed by atoms with E-state index in [4.69, 9.17) is 0 Å². The van der Waals surface area contributed by atoms with Gasteiger partial charge in [-0.2, -0.15) is 5.10 Å².